The van der Waals surface area contributed by atoms with Crippen molar-refractivity contribution in [3.05, 3.63) is 59.1 Å². The first kappa shape index (κ1) is 9.55. The summed E-state index contributed by atoms with van der Waals surface area (Å²) in [6, 6.07) is 15.6. The molecule has 1 N–H and O–H groups in total. The summed E-state index contributed by atoms with van der Waals surface area (Å²) in [7, 11) is 0. The normalized spacial score (nSPS) is 17.4. The van der Waals surface area contributed by atoms with E-state index in [-0.39, 0.29) is 6.23 Å². The Labute approximate surface area is 98.8 Å². The number of halogens is 1. The van der Waals surface area contributed by atoms with Crippen LogP contribution in [0.1, 0.15) is 11.8 Å². The zero-order valence-electron chi connectivity index (χ0n) is 8.48. The van der Waals surface area contributed by atoms with Crippen LogP contribution in [0.15, 0.2) is 48.5 Å². The van der Waals surface area contributed by atoms with Gasteiger partial charge in [-0.1, -0.05) is 35.9 Å². The van der Waals surface area contributed by atoms with E-state index in [9.17, 15) is 0 Å². The van der Waals surface area contributed by atoms with Gasteiger partial charge in [-0.25, -0.2) is 0 Å². The van der Waals surface area contributed by atoms with Gasteiger partial charge in [0.2, 0.25) is 0 Å². The molecule has 0 fully saturated rings. The standard InChI is InChI=1S/C13H10ClNO/c14-10-7-5-9(6-8-10)13-15-11-3-1-2-4-12(11)16-13/h1-8,13,15H/t13-/m1/s1. The maximum absolute atomic E-state index is 5.85. The Kier molecular flexibility index (Phi) is 2.22. The molecule has 80 valence electrons. The molecule has 2 nitrogen and oxygen atoms in total. The molecule has 0 bridgehead atoms. The minimum absolute atomic E-state index is 0.116. The number of para-hydroxylation sites is 2. The van der Waals surface area contributed by atoms with E-state index < -0.39 is 0 Å². The highest BCUT2D eigenvalue weighted by molar-refractivity contribution is 6.30. The number of hydrogen-bond acceptors (Lipinski definition) is 2. The van der Waals surface area contributed by atoms with E-state index in [1.807, 2.05) is 48.5 Å². The Hall–Kier alpha value is -1.67. The number of benzene rings is 2. The van der Waals surface area contributed by atoms with Crippen molar-refractivity contribution in [2.75, 3.05) is 5.32 Å². The van der Waals surface area contributed by atoms with Crippen LogP contribution in [0.5, 0.6) is 5.75 Å². The summed E-state index contributed by atoms with van der Waals surface area (Å²) in [6.07, 6.45) is -0.116. The Morgan fingerprint density at radius 1 is 1.00 bits per heavy atom. The van der Waals surface area contributed by atoms with Gasteiger partial charge >= 0.3 is 0 Å². The molecule has 3 rings (SSSR count). The molecule has 1 atom stereocenters. The highest BCUT2D eigenvalue weighted by Gasteiger charge is 2.22. The lowest BCUT2D eigenvalue weighted by Gasteiger charge is -2.11. The van der Waals surface area contributed by atoms with Crippen LogP contribution in [-0.4, -0.2) is 0 Å². The van der Waals surface area contributed by atoms with Gasteiger partial charge in [0.15, 0.2) is 6.23 Å². The van der Waals surface area contributed by atoms with E-state index in [2.05, 4.69) is 5.32 Å². The largest absolute Gasteiger partial charge is 0.464 e. The van der Waals surface area contributed by atoms with Crippen LogP contribution in [0.25, 0.3) is 0 Å². The van der Waals surface area contributed by atoms with Crippen LogP contribution >= 0.6 is 11.6 Å². The third-order valence-electron chi connectivity index (χ3n) is 2.59. The van der Waals surface area contributed by atoms with E-state index in [0.717, 1.165) is 22.0 Å². The number of nitrogens with one attached hydrogen (secondary N) is 1. The molecular weight excluding hydrogens is 222 g/mol. The molecule has 0 saturated heterocycles. The number of rotatable bonds is 1. The predicted molar refractivity (Wildman–Crippen MR) is 64.9 cm³/mol. The Bertz CT molecular complexity index is 485. The van der Waals surface area contributed by atoms with Crippen molar-refractivity contribution in [1.29, 1.82) is 0 Å². The van der Waals surface area contributed by atoms with Crippen molar-refractivity contribution in [3.63, 3.8) is 0 Å². The summed E-state index contributed by atoms with van der Waals surface area (Å²) in [5.41, 5.74) is 2.10. The second-order valence-corrected chi connectivity index (χ2v) is 4.13. The lowest BCUT2D eigenvalue weighted by Crippen LogP contribution is -2.09. The average molecular weight is 232 g/mol. The molecule has 16 heavy (non-hydrogen) atoms. The van der Waals surface area contributed by atoms with Gasteiger partial charge in [0.1, 0.15) is 5.75 Å². The molecule has 0 unspecified atom stereocenters. The molecule has 3 heteroatoms. The highest BCUT2D eigenvalue weighted by Crippen LogP contribution is 2.37. The lowest BCUT2D eigenvalue weighted by atomic mass is 10.2. The van der Waals surface area contributed by atoms with Gasteiger partial charge in [-0.3, -0.25) is 0 Å². The Morgan fingerprint density at radius 3 is 2.50 bits per heavy atom. The smallest absolute Gasteiger partial charge is 0.196 e. The summed E-state index contributed by atoms with van der Waals surface area (Å²) in [4.78, 5) is 0. The summed E-state index contributed by atoms with van der Waals surface area (Å²) >= 11 is 5.85. The van der Waals surface area contributed by atoms with Crippen LogP contribution in [0.2, 0.25) is 5.02 Å². The molecule has 0 aromatic heterocycles. The SMILES string of the molecule is Clc1ccc([C@@H]2Nc3ccccc3O2)cc1. The monoisotopic (exact) mass is 231 g/mol. The summed E-state index contributed by atoms with van der Waals surface area (Å²) < 4.78 is 5.78. The summed E-state index contributed by atoms with van der Waals surface area (Å²) in [5.74, 6) is 0.891. The van der Waals surface area contributed by atoms with Crippen molar-refractivity contribution >= 4 is 17.3 Å². The zero-order valence-corrected chi connectivity index (χ0v) is 9.24. The molecular formula is C13H10ClNO. The van der Waals surface area contributed by atoms with Crippen molar-refractivity contribution in [2.45, 2.75) is 6.23 Å². The van der Waals surface area contributed by atoms with E-state index in [1.165, 1.54) is 0 Å². The molecule has 2 aromatic carbocycles. The molecule has 0 aliphatic carbocycles. The first-order chi connectivity index (χ1) is 7.83. The van der Waals surface area contributed by atoms with Gasteiger partial charge in [-0.2, -0.15) is 0 Å². The van der Waals surface area contributed by atoms with E-state index in [1.54, 1.807) is 0 Å². The number of hydrogen-bond donors (Lipinski definition) is 1. The summed E-state index contributed by atoms with van der Waals surface area (Å²) in [5, 5.41) is 4.04. The maximum atomic E-state index is 5.85. The van der Waals surface area contributed by atoms with Crippen molar-refractivity contribution in [3.8, 4) is 5.75 Å². The average Bonchev–Trinajstić information content (AvgIpc) is 2.73. The van der Waals surface area contributed by atoms with Crippen LogP contribution in [0, 0.1) is 0 Å². The van der Waals surface area contributed by atoms with Gasteiger partial charge in [0.05, 0.1) is 5.69 Å². The third kappa shape index (κ3) is 1.61. The molecule has 1 heterocycles. The van der Waals surface area contributed by atoms with Crippen LogP contribution in [-0.2, 0) is 0 Å². The molecule has 0 spiro atoms. The first-order valence-electron chi connectivity index (χ1n) is 5.10. The second-order valence-electron chi connectivity index (χ2n) is 3.69. The molecule has 1 aliphatic heterocycles. The van der Waals surface area contributed by atoms with Crippen molar-refractivity contribution in [2.24, 2.45) is 0 Å². The molecule has 2 aromatic rings. The van der Waals surface area contributed by atoms with Gasteiger partial charge in [-0.15, -0.1) is 0 Å². The molecule has 0 amide bonds. The van der Waals surface area contributed by atoms with Gasteiger partial charge in [-0.05, 0) is 24.3 Å². The molecule has 0 saturated carbocycles. The van der Waals surface area contributed by atoms with Gasteiger partial charge in [0.25, 0.3) is 0 Å². The van der Waals surface area contributed by atoms with Crippen LogP contribution in [0.4, 0.5) is 5.69 Å². The lowest BCUT2D eigenvalue weighted by molar-refractivity contribution is 0.260. The van der Waals surface area contributed by atoms with Crippen molar-refractivity contribution < 1.29 is 4.74 Å². The zero-order chi connectivity index (χ0) is 11.0. The number of anilines is 1. The van der Waals surface area contributed by atoms with Crippen LogP contribution in [0.3, 0.4) is 0 Å². The predicted octanol–water partition coefficient (Wildman–Crippen LogP) is 3.84. The van der Waals surface area contributed by atoms with E-state index in [4.69, 9.17) is 16.3 Å². The summed E-state index contributed by atoms with van der Waals surface area (Å²) in [6.45, 7) is 0. The molecule has 1 aliphatic rings. The fraction of sp³-hybridized carbons (Fsp3) is 0.0769. The topological polar surface area (TPSA) is 21.3 Å². The molecule has 0 radical (unpaired) electrons. The third-order valence-corrected chi connectivity index (χ3v) is 2.84. The Balaban J connectivity index is 1.88. The fourth-order valence-electron chi connectivity index (χ4n) is 1.78. The fourth-order valence-corrected chi connectivity index (χ4v) is 1.90. The second kappa shape index (κ2) is 3.72. The van der Waals surface area contributed by atoms with Crippen molar-refractivity contribution in [1.82, 2.24) is 0 Å². The Morgan fingerprint density at radius 2 is 1.75 bits per heavy atom. The quantitative estimate of drug-likeness (QED) is 0.805. The first-order valence-corrected chi connectivity index (χ1v) is 5.48. The number of fused-ring (bicyclic) bond motifs is 1. The highest BCUT2D eigenvalue weighted by atomic mass is 35.5. The van der Waals surface area contributed by atoms with E-state index in [0.29, 0.717) is 0 Å². The minimum Gasteiger partial charge on any atom is -0.464 e. The van der Waals surface area contributed by atoms with Crippen LogP contribution < -0.4 is 10.1 Å². The van der Waals surface area contributed by atoms with E-state index >= 15 is 0 Å². The maximum Gasteiger partial charge on any atom is 0.196 e. The minimum atomic E-state index is -0.116. The van der Waals surface area contributed by atoms with Gasteiger partial charge < -0.3 is 10.1 Å². The number of ether oxygens (including phenoxy) is 1. The van der Waals surface area contributed by atoms with Gasteiger partial charge in [0, 0.05) is 10.6 Å².